The summed E-state index contributed by atoms with van der Waals surface area (Å²) in [6.45, 7) is 9.52. The Morgan fingerprint density at radius 1 is 0.870 bits per heavy atom. The molecule has 1 saturated heterocycles. The lowest BCUT2D eigenvalue weighted by molar-refractivity contribution is 0.0746. The molecule has 1 fully saturated rings. The number of carbonyl (C=O) groups is 1. The van der Waals surface area contributed by atoms with Crippen LogP contribution in [0.1, 0.15) is 27.0 Å². The predicted molar refractivity (Wildman–Crippen MR) is 95.2 cm³/mol. The largest absolute Gasteiger partial charge is 0.368 e. The normalized spacial score (nSPS) is 14.9. The van der Waals surface area contributed by atoms with Crippen molar-refractivity contribution in [2.24, 2.45) is 0 Å². The molecule has 0 unspecified atom stereocenters. The molecular weight excluding hydrogens is 284 g/mol. The number of anilines is 1. The Hall–Kier alpha value is -2.29. The van der Waals surface area contributed by atoms with Crippen LogP contribution in [-0.4, -0.2) is 37.0 Å². The van der Waals surface area contributed by atoms with Crippen LogP contribution < -0.4 is 4.90 Å². The summed E-state index contributed by atoms with van der Waals surface area (Å²) in [7, 11) is 0. The van der Waals surface area contributed by atoms with Crippen molar-refractivity contribution >= 4 is 11.6 Å². The van der Waals surface area contributed by atoms with Crippen molar-refractivity contribution in [2.45, 2.75) is 20.8 Å². The van der Waals surface area contributed by atoms with Crippen LogP contribution in [0.15, 0.2) is 42.5 Å². The molecule has 3 rings (SSSR count). The number of amides is 1. The highest BCUT2D eigenvalue weighted by atomic mass is 16.2. The fraction of sp³-hybridized carbons (Fsp3) is 0.350. The molecule has 0 spiro atoms. The molecule has 2 aromatic carbocycles. The van der Waals surface area contributed by atoms with Crippen LogP contribution >= 0.6 is 0 Å². The summed E-state index contributed by atoms with van der Waals surface area (Å²) in [5.74, 6) is 0.159. The lowest BCUT2D eigenvalue weighted by Crippen LogP contribution is -2.49. The quantitative estimate of drug-likeness (QED) is 0.846. The Balaban J connectivity index is 1.68. The third-order valence-corrected chi connectivity index (χ3v) is 4.55. The van der Waals surface area contributed by atoms with Gasteiger partial charge in [0.05, 0.1) is 0 Å². The van der Waals surface area contributed by atoms with E-state index in [4.69, 9.17) is 0 Å². The van der Waals surface area contributed by atoms with Gasteiger partial charge in [-0.05, 0) is 50.1 Å². The molecular formula is C20H24N2O. The van der Waals surface area contributed by atoms with Crippen molar-refractivity contribution in [3.8, 4) is 0 Å². The zero-order chi connectivity index (χ0) is 16.4. The molecule has 0 radical (unpaired) electrons. The molecule has 2 aromatic rings. The number of nitrogens with zero attached hydrogens (tertiary/aromatic N) is 2. The van der Waals surface area contributed by atoms with E-state index >= 15 is 0 Å². The molecule has 1 amide bonds. The lowest BCUT2D eigenvalue weighted by atomic mass is 10.0. The van der Waals surface area contributed by atoms with E-state index in [2.05, 4.69) is 49.1 Å². The summed E-state index contributed by atoms with van der Waals surface area (Å²) in [6.07, 6.45) is 0. The number of piperazine rings is 1. The van der Waals surface area contributed by atoms with Gasteiger partial charge in [0.15, 0.2) is 0 Å². The van der Waals surface area contributed by atoms with E-state index in [9.17, 15) is 4.79 Å². The molecule has 0 atom stereocenters. The van der Waals surface area contributed by atoms with Crippen LogP contribution in [0, 0.1) is 20.8 Å². The number of hydrogen-bond donors (Lipinski definition) is 0. The molecule has 0 saturated carbocycles. The molecule has 1 aliphatic heterocycles. The van der Waals surface area contributed by atoms with Gasteiger partial charge in [-0.25, -0.2) is 0 Å². The van der Waals surface area contributed by atoms with E-state index < -0.39 is 0 Å². The number of rotatable bonds is 2. The van der Waals surface area contributed by atoms with Crippen molar-refractivity contribution in [1.29, 1.82) is 0 Å². The van der Waals surface area contributed by atoms with Crippen LogP contribution in [0.2, 0.25) is 0 Å². The molecule has 3 heteroatoms. The van der Waals surface area contributed by atoms with Gasteiger partial charge in [0.2, 0.25) is 0 Å². The SMILES string of the molecule is Cc1cccc(N2CCN(C(=O)c3ccc(C)cc3C)CC2)c1. The van der Waals surface area contributed by atoms with Gasteiger partial charge in [0.25, 0.3) is 5.91 Å². The zero-order valence-corrected chi connectivity index (χ0v) is 14.2. The average molecular weight is 308 g/mol. The first-order valence-electron chi connectivity index (χ1n) is 8.23. The Labute approximate surface area is 138 Å². The summed E-state index contributed by atoms with van der Waals surface area (Å²) in [6, 6.07) is 14.6. The summed E-state index contributed by atoms with van der Waals surface area (Å²) in [5, 5.41) is 0. The molecule has 0 bridgehead atoms. The third-order valence-electron chi connectivity index (χ3n) is 4.55. The lowest BCUT2D eigenvalue weighted by Gasteiger charge is -2.36. The molecule has 1 aliphatic rings. The van der Waals surface area contributed by atoms with E-state index in [1.165, 1.54) is 16.8 Å². The van der Waals surface area contributed by atoms with Crippen LogP contribution in [0.3, 0.4) is 0 Å². The van der Waals surface area contributed by atoms with E-state index in [1.54, 1.807) is 0 Å². The molecule has 23 heavy (non-hydrogen) atoms. The predicted octanol–water partition coefficient (Wildman–Crippen LogP) is 3.57. The number of aryl methyl sites for hydroxylation is 3. The molecule has 0 aliphatic carbocycles. The molecule has 0 aromatic heterocycles. The second-order valence-corrected chi connectivity index (χ2v) is 6.44. The van der Waals surface area contributed by atoms with Crippen LogP contribution in [0.4, 0.5) is 5.69 Å². The average Bonchev–Trinajstić information content (AvgIpc) is 2.54. The van der Waals surface area contributed by atoms with Crippen molar-refractivity contribution < 1.29 is 4.79 Å². The Kier molecular flexibility index (Phi) is 4.37. The smallest absolute Gasteiger partial charge is 0.254 e. The zero-order valence-electron chi connectivity index (χ0n) is 14.2. The minimum absolute atomic E-state index is 0.159. The van der Waals surface area contributed by atoms with E-state index in [0.717, 1.165) is 37.3 Å². The van der Waals surface area contributed by atoms with Crippen LogP contribution in [0.25, 0.3) is 0 Å². The summed E-state index contributed by atoms with van der Waals surface area (Å²) in [5.41, 5.74) is 5.62. The summed E-state index contributed by atoms with van der Waals surface area (Å²) in [4.78, 5) is 17.1. The van der Waals surface area contributed by atoms with Crippen LogP contribution in [0.5, 0.6) is 0 Å². The first-order valence-corrected chi connectivity index (χ1v) is 8.23. The van der Waals surface area contributed by atoms with Gasteiger partial charge >= 0.3 is 0 Å². The fourth-order valence-electron chi connectivity index (χ4n) is 3.22. The van der Waals surface area contributed by atoms with Crippen molar-refractivity contribution in [2.75, 3.05) is 31.1 Å². The van der Waals surface area contributed by atoms with Gasteiger partial charge in [-0.15, -0.1) is 0 Å². The Morgan fingerprint density at radius 2 is 1.57 bits per heavy atom. The maximum atomic E-state index is 12.7. The van der Waals surface area contributed by atoms with Crippen molar-refractivity contribution in [1.82, 2.24) is 4.90 Å². The Morgan fingerprint density at radius 3 is 2.22 bits per heavy atom. The minimum atomic E-state index is 0.159. The van der Waals surface area contributed by atoms with E-state index in [1.807, 2.05) is 24.0 Å². The molecule has 3 nitrogen and oxygen atoms in total. The standard InChI is InChI=1S/C20H24N2O/c1-15-5-4-6-18(14-15)21-9-11-22(12-10-21)20(23)19-8-7-16(2)13-17(19)3/h4-8,13-14H,9-12H2,1-3H3. The van der Waals surface area contributed by atoms with Gasteiger partial charge in [0, 0.05) is 37.4 Å². The summed E-state index contributed by atoms with van der Waals surface area (Å²) >= 11 is 0. The highest BCUT2D eigenvalue weighted by molar-refractivity contribution is 5.95. The number of benzene rings is 2. The number of carbonyl (C=O) groups excluding carboxylic acids is 1. The Bertz CT molecular complexity index is 715. The minimum Gasteiger partial charge on any atom is -0.368 e. The van der Waals surface area contributed by atoms with E-state index in [-0.39, 0.29) is 5.91 Å². The van der Waals surface area contributed by atoms with Gasteiger partial charge in [0.1, 0.15) is 0 Å². The second kappa shape index (κ2) is 6.45. The molecule has 120 valence electrons. The van der Waals surface area contributed by atoms with E-state index in [0.29, 0.717) is 0 Å². The first-order chi connectivity index (χ1) is 11.0. The molecule has 0 N–H and O–H groups in total. The maximum absolute atomic E-state index is 12.7. The maximum Gasteiger partial charge on any atom is 0.254 e. The van der Waals surface area contributed by atoms with Crippen molar-refractivity contribution in [3.05, 3.63) is 64.7 Å². The topological polar surface area (TPSA) is 23.6 Å². The first kappa shape index (κ1) is 15.6. The highest BCUT2D eigenvalue weighted by Gasteiger charge is 2.23. The molecule has 1 heterocycles. The van der Waals surface area contributed by atoms with Gasteiger partial charge < -0.3 is 9.80 Å². The fourth-order valence-corrected chi connectivity index (χ4v) is 3.22. The third kappa shape index (κ3) is 3.39. The highest BCUT2D eigenvalue weighted by Crippen LogP contribution is 2.19. The van der Waals surface area contributed by atoms with Gasteiger partial charge in [-0.2, -0.15) is 0 Å². The van der Waals surface area contributed by atoms with Gasteiger partial charge in [-0.3, -0.25) is 4.79 Å². The second-order valence-electron chi connectivity index (χ2n) is 6.44. The monoisotopic (exact) mass is 308 g/mol. The van der Waals surface area contributed by atoms with Crippen LogP contribution in [-0.2, 0) is 0 Å². The van der Waals surface area contributed by atoms with Gasteiger partial charge in [-0.1, -0.05) is 29.8 Å². The summed E-state index contributed by atoms with van der Waals surface area (Å²) < 4.78 is 0. The number of hydrogen-bond acceptors (Lipinski definition) is 2. The van der Waals surface area contributed by atoms with Crippen molar-refractivity contribution in [3.63, 3.8) is 0 Å².